The van der Waals surface area contributed by atoms with Crippen molar-refractivity contribution >= 4 is 67.3 Å². The zero-order valence-electron chi connectivity index (χ0n) is 17.2. The summed E-state index contributed by atoms with van der Waals surface area (Å²) in [6.07, 6.45) is 1.67. The summed E-state index contributed by atoms with van der Waals surface area (Å²) in [7, 11) is -4.07. The largest absolute Gasteiger partial charge is 0.462 e. The van der Waals surface area contributed by atoms with Crippen molar-refractivity contribution in [3.8, 4) is 0 Å². The number of ether oxygens (including phenoxy) is 1. The Morgan fingerprint density at radius 3 is 2.48 bits per heavy atom. The van der Waals surface area contributed by atoms with Crippen molar-refractivity contribution in [3.63, 3.8) is 0 Å². The highest BCUT2D eigenvalue weighted by Crippen LogP contribution is 2.25. The van der Waals surface area contributed by atoms with E-state index in [2.05, 4.69) is 20.2 Å². The van der Waals surface area contributed by atoms with Crippen LogP contribution in [0.15, 0.2) is 46.8 Å². The van der Waals surface area contributed by atoms with E-state index in [0.29, 0.717) is 28.5 Å². The number of hydrogen-bond acceptors (Lipinski definition) is 8. The van der Waals surface area contributed by atoms with Gasteiger partial charge in [-0.25, -0.2) is 4.79 Å². The lowest BCUT2D eigenvalue weighted by molar-refractivity contribution is 0.0499. The number of carbonyl (C=O) groups is 2. The van der Waals surface area contributed by atoms with E-state index in [1.807, 2.05) is 6.92 Å². The molecule has 1 aromatic heterocycles. The molecule has 0 unspecified atom stereocenters. The molecule has 0 aliphatic rings. The summed E-state index contributed by atoms with van der Waals surface area (Å²) in [5.74, 6) is -1.07. The Morgan fingerprint density at radius 2 is 1.82 bits per heavy atom. The van der Waals surface area contributed by atoms with Crippen molar-refractivity contribution in [1.29, 1.82) is 0 Å². The van der Waals surface area contributed by atoms with Crippen LogP contribution in [0.3, 0.4) is 0 Å². The highest BCUT2D eigenvalue weighted by Gasteiger charge is 2.22. The lowest BCUT2D eigenvalue weighted by atomic mass is 10.2. The second-order valence-corrected chi connectivity index (χ2v) is 10.3. The molecule has 174 valence electrons. The first-order valence-corrected chi connectivity index (χ1v) is 12.6. The number of amides is 1. The summed E-state index contributed by atoms with van der Waals surface area (Å²) in [6.45, 7) is 2.31. The molecule has 0 spiro atoms. The molecule has 0 saturated carbocycles. The maximum absolute atomic E-state index is 12.6. The van der Waals surface area contributed by atoms with Crippen molar-refractivity contribution in [1.82, 2.24) is 10.2 Å². The summed E-state index contributed by atoms with van der Waals surface area (Å²) in [6, 6.07) is 10.1. The van der Waals surface area contributed by atoms with Crippen LogP contribution in [0, 0.1) is 0 Å². The predicted octanol–water partition coefficient (Wildman–Crippen LogP) is 4.85. The van der Waals surface area contributed by atoms with E-state index >= 15 is 0 Å². The average molecular weight is 529 g/mol. The Morgan fingerprint density at radius 1 is 1.09 bits per heavy atom. The van der Waals surface area contributed by atoms with Gasteiger partial charge >= 0.3 is 5.97 Å². The zero-order valence-corrected chi connectivity index (χ0v) is 20.3. The second kappa shape index (κ2) is 10.9. The number of esters is 1. The van der Waals surface area contributed by atoms with Gasteiger partial charge in [0.1, 0.15) is 0 Å². The number of nitrogens with zero attached hydrogens (tertiary/aromatic N) is 2. The highest BCUT2D eigenvalue weighted by atomic mass is 35.5. The fourth-order valence-electron chi connectivity index (χ4n) is 2.47. The van der Waals surface area contributed by atoms with Crippen LogP contribution in [-0.4, -0.2) is 37.1 Å². The highest BCUT2D eigenvalue weighted by molar-refractivity contribution is 7.94. The molecule has 0 bridgehead atoms. The van der Waals surface area contributed by atoms with Crippen molar-refractivity contribution < 1.29 is 22.7 Å². The van der Waals surface area contributed by atoms with Crippen LogP contribution < -0.4 is 10.0 Å². The Labute approximate surface area is 204 Å². The van der Waals surface area contributed by atoms with Gasteiger partial charge in [-0.2, -0.15) is 8.42 Å². The molecule has 0 saturated heterocycles. The Bertz CT molecular complexity index is 1260. The van der Waals surface area contributed by atoms with E-state index in [1.54, 1.807) is 0 Å². The van der Waals surface area contributed by atoms with Crippen LogP contribution in [0.1, 0.15) is 40.5 Å². The topological polar surface area (TPSA) is 127 Å². The minimum Gasteiger partial charge on any atom is -0.462 e. The molecule has 0 radical (unpaired) electrons. The van der Waals surface area contributed by atoms with E-state index in [1.165, 1.54) is 42.5 Å². The lowest BCUT2D eigenvalue weighted by Crippen LogP contribution is -2.13. The summed E-state index contributed by atoms with van der Waals surface area (Å²) in [4.78, 5) is 24.3. The molecule has 9 nitrogen and oxygen atoms in total. The van der Waals surface area contributed by atoms with E-state index in [9.17, 15) is 18.0 Å². The molecule has 33 heavy (non-hydrogen) atoms. The molecular formula is C20H18Cl2N4O5S2. The first-order valence-electron chi connectivity index (χ1n) is 9.59. The van der Waals surface area contributed by atoms with Gasteiger partial charge in [-0.15, -0.1) is 10.2 Å². The van der Waals surface area contributed by atoms with E-state index in [0.717, 1.165) is 12.8 Å². The van der Waals surface area contributed by atoms with Gasteiger partial charge in [0.2, 0.25) is 5.13 Å². The van der Waals surface area contributed by atoms with Gasteiger partial charge in [-0.3, -0.25) is 14.8 Å². The number of nitrogens with one attached hydrogen (secondary N) is 2. The van der Waals surface area contributed by atoms with E-state index in [-0.39, 0.29) is 25.7 Å². The number of rotatable bonds is 9. The first-order chi connectivity index (χ1) is 15.7. The molecule has 2 aromatic carbocycles. The molecule has 13 heteroatoms. The van der Waals surface area contributed by atoms with Gasteiger partial charge in [0.05, 0.1) is 22.8 Å². The number of benzene rings is 2. The quantitative estimate of drug-likeness (QED) is 0.230. The fraction of sp³-hybridized carbons (Fsp3) is 0.200. The number of halogens is 2. The fourth-order valence-corrected chi connectivity index (χ4v) is 4.92. The Kier molecular flexibility index (Phi) is 8.25. The second-order valence-electron chi connectivity index (χ2n) is 6.62. The van der Waals surface area contributed by atoms with Crippen LogP contribution in [0.5, 0.6) is 0 Å². The Hall–Kier alpha value is -2.73. The third-order valence-corrected chi connectivity index (χ3v) is 7.27. The molecule has 2 N–H and O–H groups in total. The predicted molar refractivity (Wildman–Crippen MR) is 127 cm³/mol. The van der Waals surface area contributed by atoms with Gasteiger partial charge in [-0.1, -0.05) is 47.9 Å². The van der Waals surface area contributed by atoms with Crippen molar-refractivity contribution in [2.24, 2.45) is 0 Å². The van der Waals surface area contributed by atoms with Crippen LogP contribution in [0.4, 0.5) is 10.8 Å². The maximum Gasteiger partial charge on any atom is 0.338 e. The van der Waals surface area contributed by atoms with Gasteiger partial charge in [-0.05, 0) is 48.9 Å². The van der Waals surface area contributed by atoms with Gasteiger partial charge in [0.25, 0.3) is 20.3 Å². The number of anilines is 2. The molecular weight excluding hydrogens is 511 g/mol. The third kappa shape index (κ3) is 6.64. The van der Waals surface area contributed by atoms with Gasteiger partial charge in [0.15, 0.2) is 0 Å². The smallest absolute Gasteiger partial charge is 0.338 e. The van der Waals surface area contributed by atoms with E-state index in [4.69, 9.17) is 27.9 Å². The minimum absolute atomic E-state index is 0.0310. The van der Waals surface area contributed by atoms with Gasteiger partial charge in [0, 0.05) is 10.7 Å². The molecule has 0 aliphatic carbocycles. The number of hydrogen-bond donors (Lipinski definition) is 2. The first kappa shape index (κ1) is 24.9. The minimum atomic E-state index is -4.07. The molecule has 1 amide bonds. The molecule has 3 aromatic rings. The number of carbonyl (C=O) groups excluding carboxylic acids is 2. The van der Waals surface area contributed by atoms with Crippen LogP contribution in [0.25, 0.3) is 0 Å². The average Bonchev–Trinajstić information content (AvgIpc) is 3.23. The van der Waals surface area contributed by atoms with Crippen molar-refractivity contribution in [2.45, 2.75) is 24.1 Å². The molecule has 0 fully saturated rings. The van der Waals surface area contributed by atoms with Gasteiger partial charge < -0.3 is 4.74 Å². The third-order valence-electron chi connectivity index (χ3n) is 4.14. The summed E-state index contributed by atoms with van der Waals surface area (Å²) in [5.41, 5.74) is 0.664. The van der Waals surface area contributed by atoms with Crippen LogP contribution in [-0.2, 0) is 14.8 Å². The molecule has 0 aliphatic heterocycles. The van der Waals surface area contributed by atoms with E-state index < -0.39 is 21.9 Å². The summed E-state index contributed by atoms with van der Waals surface area (Å²) >= 11 is 12.5. The van der Waals surface area contributed by atoms with Crippen molar-refractivity contribution in [2.75, 3.05) is 16.6 Å². The Balaban J connectivity index is 1.65. The number of unbranched alkanes of at least 4 members (excludes halogenated alkanes) is 1. The number of aromatic nitrogens is 2. The zero-order chi connectivity index (χ0) is 24.0. The lowest BCUT2D eigenvalue weighted by Gasteiger charge is -2.07. The monoisotopic (exact) mass is 528 g/mol. The standard InChI is InChI=1S/C20H18Cl2N4O5S2/c1-2-3-10-31-18(28)12-4-7-14(8-5-12)26-33(29,30)20-25-24-19(32-20)23-17(27)15-9-6-13(21)11-16(15)22/h4-9,11,26H,2-3,10H2,1H3,(H,23,24,27). The summed E-state index contributed by atoms with van der Waals surface area (Å²) < 4.78 is 32.3. The SMILES string of the molecule is CCCCOC(=O)c1ccc(NS(=O)(=O)c2nnc(NC(=O)c3ccc(Cl)cc3Cl)s2)cc1. The van der Waals surface area contributed by atoms with Crippen LogP contribution >= 0.6 is 34.5 Å². The summed E-state index contributed by atoms with van der Waals surface area (Å²) in [5, 5.41) is 10.3. The van der Waals surface area contributed by atoms with Crippen molar-refractivity contribution in [3.05, 3.63) is 63.6 Å². The maximum atomic E-state index is 12.6. The van der Waals surface area contributed by atoms with Crippen LogP contribution in [0.2, 0.25) is 10.0 Å². The molecule has 1 heterocycles. The molecule has 3 rings (SSSR count). The normalized spacial score (nSPS) is 11.1. The number of sulfonamides is 1. The molecule has 0 atom stereocenters.